The van der Waals surface area contributed by atoms with Crippen LogP contribution in [0.1, 0.15) is 27.8 Å². The molecule has 0 spiro atoms. The summed E-state index contributed by atoms with van der Waals surface area (Å²) in [7, 11) is 1.86. The topological polar surface area (TPSA) is 196 Å². The molecule has 25 heteroatoms. The van der Waals surface area contributed by atoms with E-state index < -0.39 is 62.8 Å². The lowest BCUT2D eigenvalue weighted by Gasteiger charge is -2.21. The maximum absolute atomic E-state index is 12.4. The minimum atomic E-state index is -3.73. The van der Waals surface area contributed by atoms with Crippen LogP contribution in [0.4, 0.5) is 0 Å². The van der Waals surface area contributed by atoms with Gasteiger partial charge >= 0.3 is 0 Å². The Morgan fingerprint density at radius 3 is 0.840 bits per heavy atom. The van der Waals surface area contributed by atoms with Crippen LogP contribution in [0.5, 0.6) is 0 Å². The third-order valence-electron chi connectivity index (χ3n) is 9.47. The number of hydrazine groups is 1. The summed E-state index contributed by atoms with van der Waals surface area (Å²) >= 11 is 31.1. The number of sulfone groups is 2. The SMILES string of the molecule is CN(CC(=O)CS(=O)(=O)CN(C)C(=S)c1ccccc1)C(=S)c1ccccc1.CN(CC(=O)CS(=O)(=O)CN(C)C(=S)c1ccccc1)C(=S)c1ccccc1.CN(N)C(=S)c1ccccc1.O=C(Cl)CS(=O)(=O)Cl. The number of ketones is 2. The third kappa shape index (κ3) is 26.5. The predicted octanol–water partition coefficient (Wildman–Crippen LogP) is 6.57. The van der Waals surface area contributed by atoms with Gasteiger partial charge in [0, 0.05) is 73.7 Å². The van der Waals surface area contributed by atoms with Crippen molar-refractivity contribution in [1.82, 2.24) is 24.6 Å². The number of nitrogens with zero attached hydrogens (tertiary/aromatic N) is 5. The van der Waals surface area contributed by atoms with Crippen LogP contribution < -0.4 is 5.84 Å². The lowest BCUT2D eigenvalue weighted by atomic mass is 10.2. The number of Topliss-reactive ketones (excluding diaryl/α,β-unsaturated/α-hetero) is 2. The molecular weight excluding hydrogens is 1160 g/mol. The number of carbonyl (C=O) groups is 3. The van der Waals surface area contributed by atoms with Crippen LogP contribution in [-0.2, 0) is 43.1 Å². The van der Waals surface area contributed by atoms with E-state index >= 15 is 0 Å². The normalized spacial score (nSPS) is 10.7. The van der Waals surface area contributed by atoms with Gasteiger partial charge in [0.1, 0.15) is 54.0 Å². The fourth-order valence-corrected chi connectivity index (χ4v) is 11.2. The van der Waals surface area contributed by atoms with Crippen LogP contribution in [0.15, 0.2) is 152 Å². The molecule has 5 aromatic carbocycles. The molecule has 402 valence electrons. The molecule has 0 aliphatic carbocycles. The van der Waals surface area contributed by atoms with E-state index in [1.165, 1.54) is 14.8 Å². The summed E-state index contributed by atoms with van der Waals surface area (Å²) in [6, 6.07) is 46.6. The minimum absolute atomic E-state index is 0.0696. The van der Waals surface area contributed by atoms with E-state index in [2.05, 4.69) is 22.3 Å². The quantitative estimate of drug-likeness (QED) is 0.0403. The maximum Gasteiger partial charge on any atom is 0.241 e. The Morgan fingerprint density at radius 1 is 0.413 bits per heavy atom. The standard InChI is InChI=1S/2C20H22N2O3S3.C8H10N2S.C2H2Cl2O3S/c2*1-21(19(26)16-9-5-3-6-10-16)13-18(23)14-28(24,25)15-22(2)20(27)17-11-7-4-8-12-17;1-10(9)8(11)7-5-3-2-4-6-7;3-2(5)1-8(4,6)7/h2*3-12H,13-15H2,1-2H3;2-6H,9H2,1H3;1H2. The van der Waals surface area contributed by atoms with Gasteiger partial charge in [0.25, 0.3) is 0 Å². The zero-order chi connectivity index (χ0) is 56.5. The van der Waals surface area contributed by atoms with E-state index in [1.54, 1.807) is 45.0 Å². The van der Waals surface area contributed by atoms with Gasteiger partial charge in [-0.15, -0.1) is 0 Å². The Balaban J connectivity index is 0.000000383. The molecule has 0 aliphatic rings. The van der Waals surface area contributed by atoms with E-state index in [0.29, 0.717) is 24.9 Å². The smallest absolute Gasteiger partial charge is 0.241 e. The molecular formula is C50H56Cl2N6O9S8. The van der Waals surface area contributed by atoms with Crippen molar-refractivity contribution in [3.05, 3.63) is 179 Å². The second-order valence-corrected chi connectivity index (χ2v) is 25.4. The molecule has 0 atom stereocenters. The highest BCUT2D eigenvalue weighted by atomic mass is 35.7. The van der Waals surface area contributed by atoms with Gasteiger partial charge in [0.05, 0.1) is 13.1 Å². The molecule has 15 nitrogen and oxygen atoms in total. The lowest BCUT2D eigenvalue weighted by molar-refractivity contribution is -0.117. The van der Waals surface area contributed by atoms with Crippen molar-refractivity contribution in [3.63, 3.8) is 0 Å². The molecule has 0 fully saturated rings. The summed E-state index contributed by atoms with van der Waals surface area (Å²) < 4.78 is 69.5. The van der Waals surface area contributed by atoms with Gasteiger partial charge < -0.3 is 24.6 Å². The molecule has 0 saturated heterocycles. The first-order chi connectivity index (χ1) is 35.0. The van der Waals surface area contributed by atoms with Gasteiger partial charge in [-0.05, 0) is 11.6 Å². The van der Waals surface area contributed by atoms with Crippen molar-refractivity contribution in [2.24, 2.45) is 5.84 Å². The molecule has 0 heterocycles. The summed E-state index contributed by atoms with van der Waals surface area (Å²) in [5.74, 6) is 2.06. The molecule has 0 saturated carbocycles. The van der Waals surface area contributed by atoms with Crippen LogP contribution in [0, 0.1) is 0 Å². The van der Waals surface area contributed by atoms with Crippen molar-refractivity contribution < 1.29 is 39.6 Å². The molecule has 5 rings (SSSR count). The molecule has 0 unspecified atom stereocenters. The fraction of sp³-hybridized carbons (Fsp3) is 0.240. The molecule has 0 aliphatic heterocycles. The molecule has 0 aromatic heterocycles. The van der Waals surface area contributed by atoms with Crippen molar-refractivity contribution in [1.29, 1.82) is 0 Å². The summed E-state index contributed by atoms with van der Waals surface area (Å²) in [5.41, 5.74) is 4.11. The highest BCUT2D eigenvalue weighted by Crippen LogP contribution is 2.11. The molecule has 2 N–H and O–H groups in total. The van der Waals surface area contributed by atoms with E-state index in [0.717, 1.165) is 27.8 Å². The van der Waals surface area contributed by atoms with Crippen molar-refractivity contribution in [3.8, 4) is 0 Å². The Morgan fingerprint density at radius 2 is 0.640 bits per heavy atom. The van der Waals surface area contributed by atoms with E-state index in [-0.39, 0.29) is 24.8 Å². The van der Waals surface area contributed by atoms with Crippen LogP contribution >= 0.6 is 83.4 Å². The number of benzene rings is 5. The second kappa shape index (κ2) is 32.5. The van der Waals surface area contributed by atoms with E-state index in [4.69, 9.17) is 66.9 Å². The summed E-state index contributed by atoms with van der Waals surface area (Å²) in [4.78, 5) is 42.9. The molecule has 0 radical (unpaired) electrons. The number of likely N-dealkylation sites (N-methyl/N-ethyl adjacent to an activating group) is 2. The van der Waals surface area contributed by atoms with Crippen molar-refractivity contribution in [2.45, 2.75) is 0 Å². The van der Waals surface area contributed by atoms with Gasteiger partial charge in [0.15, 0.2) is 31.2 Å². The Hall–Kier alpha value is -5.05. The molecule has 75 heavy (non-hydrogen) atoms. The highest BCUT2D eigenvalue weighted by Gasteiger charge is 2.24. The molecule has 5 aromatic rings. The van der Waals surface area contributed by atoms with Gasteiger partial charge in [-0.2, -0.15) is 0 Å². The lowest BCUT2D eigenvalue weighted by Crippen LogP contribution is -2.37. The van der Waals surface area contributed by atoms with Gasteiger partial charge in [-0.3, -0.25) is 14.4 Å². The summed E-state index contributed by atoms with van der Waals surface area (Å²) in [6.45, 7) is -0.139. The zero-order valence-electron chi connectivity index (χ0n) is 41.4. The summed E-state index contributed by atoms with van der Waals surface area (Å²) in [6.07, 6.45) is 0. The Bertz CT molecular complexity index is 2920. The van der Waals surface area contributed by atoms with Crippen LogP contribution in [0.25, 0.3) is 0 Å². The number of hydrogen-bond acceptors (Lipinski definition) is 15. The van der Waals surface area contributed by atoms with Crippen molar-refractivity contribution >= 4 is 154 Å². The van der Waals surface area contributed by atoms with Crippen LogP contribution in [0.2, 0.25) is 0 Å². The molecule has 0 bridgehead atoms. The van der Waals surface area contributed by atoms with Crippen LogP contribution in [0.3, 0.4) is 0 Å². The highest BCUT2D eigenvalue weighted by molar-refractivity contribution is 8.14. The monoisotopic (exact) mass is 1210 g/mol. The third-order valence-corrected chi connectivity index (χ3v) is 16.5. The van der Waals surface area contributed by atoms with Gasteiger partial charge in [-0.1, -0.05) is 213 Å². The number of halogens is 2. The van der Waals surface area contributed by atoms with Crippen molar-refractivity contribution in [2.75, 3.05) is 77.3 Å². The Labute approximate surface area is 476 Å². The minimum Gasteiger partial charge on any atom is -0.358 e. The Kier molecular flexibility index (Phi) is 28.6. The van der Waals surface area contributed by atoms with Gasteiger partial charge in [-0.25, -0.2) is 31.1 Å². The predicted molar refractivity (Wildman–Crippen MR) is 321 cm³/mol. The fourth-order valence-electron chi connectivity index (χ4n) is 6.18. The van der Waals surface area contributed by atoms with Crippen LogP contribution in [-0.4, -0.2) is 169 Å². The first-order valence-electron chi connectivity index (χ1n) is 21.9. The average Bonchev–Trinajstić information content (AvgIpc) is 3.35. The zero-order valence-corrected chi connectivity index (χ0v) is 49.4. The number of thiocarbonyl (C=S) groups is 5. The number of nitrogens with two attached hydrogens (primary N) is 1. The maximum atomic E-state index is 12.4. The average molecular weight is 1210 g/mol. The number of hydrogen-bond donors (Lipinski definition) is 1. The van der Waals surface area contributed by atoms with E-state index in [1.807, 2.05) is 152 Å². The number of rotatable bonds is 19. The number of carbonyl (C=O) groups excluding carboxylic acids is 3. The second-order valence-electron chi connectivity index (χ2n) is 16.2. The summed E-state index contributed by atoms with van der Waals surface area (Å²) in [5, 5.41) is 0.463. The first-order valence-corrected chi connectivity index (χ1v) is 30.4. The largest absolute Gasteiger partial charge is 0.358 e. The van der Waals surface area contributed by atoms with Gasteiger partial charge in [0.2, 0.25) is 14.3 Å². The molecule has 0 amide bonds. The van der Waals surface area contributed by atoms with E-state index in [9.17, 15) is 39.6 Å². The first kappa shape index (κ1) is 66.1.